The monoisotopic (exact) mass is 220 g/mol. The van der Waals surface area contributed by atoms with Crippen LogP contribution in [0.25, 0.3) is 0 Å². The summed E-state index contributed by atoms with van der Waals surface area (Å²) >= 11 is 0. The molecule has 2 aromatic heterocycles. The van der Waals surface area contributed by atoms with Crippen LogP contribution >= 0.6 is 0 Å². The van der Waals surface area contributed by atoms with E-state index in [1.54, 1.807) is 6.07 Å². The van der Waals surface area contributed by atoms with Crippen LogP contribution in [0, 0.1) is 0 Å². The van der Waals surface area contributed by atoms with Crippen molar-refractivity contribution < 1.29 is 4.79 Å². The fraction of sp³-hybridized carbons (Fsp3) is 0.125. The molecular weight excluding hydrogens is 212 g/mol. The molecule has 0 saturated heterocycles. The molecule has 2 aromatic rings. The standard InChI is InChI=1S/C8H8N6O2/c1-14-8(16)11-5(13-14)6(15)12-7-9-3-2-4-10-7/h2-4H,1H3,(H,11,13,16)(H,9,10,12,15). The van der Waals surface area contributed by atoms with Crippen molar-refractivity contribution >= 4 is 11.9 Å². The molecule has 8 heteroatoms. The number of hydrogen-bond acceptors (Lipinski definition) is 5. The Kier molecular flexibility index (Phi) is 2.46. The van der Waals surface area contributed by atoms with Crippen LogP contribution in [0.2, 0.25) is 0 Å². The first-order valence-electron chi connectivity index (χ1n) is 4.38. The summed E-state index contributed by atoms with van der Waals surface area (Å²) in [5.41, 5.74) is -0.459. The van der Waals surface area contributed by atoms with Crippen LogP contribution < -0.4 is 11.0 Å². The minimum absolute atomic E-state index is 0.0834. The predicted octanol–water partition coefficient (Wildman–Crippen LogP) is -0.849. The normalized spacial score (nSPS) is 10.1. The Morgan fingerprint density at radius 3 is 2.69 bits per heavy atom. The number of aromatic nitrogens is 5. The van der Waals surface area contributed by atoms with E-state index in [2.05, 4.69) is 25.4 Å². The van der Waals surface area contributed by atoms with Crippen molar-refractivity contribution in [1.82, 2.24) is 24.7 Å². The molecule has 1 amide bonds. The molecule has 0 radical (unpaired) electrons. The van der Waals surface area contributed by atoms with Gasteiger partial charge in [0, 0.05) is 19.4 Å². The topological polar surface area (TPSA) is 106 Å². The highest BCUT2D eigenvalue weighted by molar-refractivity contribution is 6.00. The summed E-state index contributed by atoms with van der Waals surface area (Å²) in [6, 6.07) is 1.62. The lowest BCUT2D eigenvalue weighted by molar-refractivity contribution is 0.101. The maximum Gasteiger partial charge on any atom is 0.343 e. The number of anilines is 1. The predicted molar refractivity (Wildman–Crippen MR) is 53.8 cm³/mol. The Hall–Kier alpha value is -2.51. The van der Waals surface area contributed by atoms with Crippen LogP contribution in [0.3, 0.4) is 0 Å². The van der Waals surface area contributed by atoms with Gasteiger partial charge in [-0.05, 0) is 6.07 Å². The number of nitrogens with zero attached hydrogens (tertiary/aromatic N) is 4. The number of carbonyl (C=O) groups is 1. The molecule has 0 aromatic carbocycles. The van der Waals surface area contributed by atoms with Crippen molar-refractivity contribution in [3.8, 4) is 0 Å². The fourth-order valence-electron chi connectivity index (χ4n) is 1.03. The maximum atomic E-state index is 11.5. The number of amides is 1. The largest absolute Gasteiger partial charge is 0.343 e. The Labute approximate surface area is 89.4 Å². The quantitative estimate of drug-likeness (QED) is 0.685. The lowest BCUT2D eigenvalue weighted by atomic mass is 10.5. The van der Waals surface area contributed by atoms with Gasteiger partial charge in [-0.15, -0.1) is 5.10 Å². The second-order valence-corrected chi connectivity index (χ2v) is 2.93. The van der Waals surface area contributed by atoms with Gasteiger partial charge >= 0.3 is 5.69 Å². The molecular formula is C8H8N6O2. The first-order valence-corrected chi connectivity index (χ1v) is 4.38. The van der Waals surface area contributed by atoms with E-state index in [-0.39, 0.29) is 11.8 Å². The smallest absolute Gasteiger partial charge is 0.288 e. The van der Waals surface area contributed by atoms with Crippen molar-refractivity contribution in [2.75, 3.05) is 5.32 Å². The number of rotatable bonds is 2. The summed E-state index contributed by atoms with van der Waals surface area (Å²) in [4.78, 5) is 32.5. The van der Waals surface area contributed by atoms with Crippen LogP contribution in [-0.4, -0.2) is 30.6 Å². The number of carbonyl (C=O) groups excluding carboxylic acids is 1. The Bertz CT molecular complexity index is 557. The van der Waals surface area contributed by atoms with Gasteiger partial charge in [0.25, 0.3) is 5.91 Å². The van der Waals surface area contributed by atoms with E-state index < -0.39 is 11.6 Å². The number of aryl methyl sites for hydroxylation is 1. The highest BCUT2D eigenvalue weighted by Crippen LogP contribution is 1.96. The van der Waals surface area contributed by atoms with Gasteiger partial charge in [-0.25, -0.2) is 19.4 Å². The lowest BCUT2D eigenvalue weighted by Crippen LogP contribution is -2.16. The van der Waals surface area contributed by atoms with E-state index in [1.807, 2.05) is 0 Å². The SMILES string of the molecule is Cn1nc(C(=O)Nc2ncccn2)[nH]c1=O. The van der Waals surface area contributed by atoms with E-state index in [1.165, 1.54) is 19.4 Å². The lowest BCUT2D eigenvalue weighted by Gasteiger charge is -1.98. The first-order chi connectivity index (χ1) is 7.66. The fourth-order valence-corrected chi connectivity index (χ4v) is 1.03. The Morgan fingerprint density at radius 1 is 1.44 bits per heavy atom. The third kappa shape index (κ3) is 1.95. The number of nitrogens with one attached hydrogen (secondary N) is 2. The van der Waals surface area contributed by atoms with Crippen molar-refractivity contribution in [3.05, 3.63) is 34.8 Å². The Balaban J connectivity index is 2.18. The molecule has 0 bridgehead atoms. The minimum Gasteiger partial charge on any atom is -0.288 e. The number of aromatic amines is 1. The highest BCUT2D eigenvalue weighted by Gasteiger charge is 2.12. The van der Waals surface area contributed by atoms with Gasteiger partial charge in [0.2, 0.25) is 11.8 Å². The number of H-pyrrole nitrogens is 1. The van der Waals surface area contributed by atoms with Crippen molar-refractivity contribution in [1.29, 1.82) is 0 Å². The van der Waals surface area contributed by atoms with E-state index in [9.17, 15) is 9.59 Å². The molecule has 0 fully saturated rings. The Morgan fingerprint density at radius 2 is 2.12 bits per heavy atom. The van der Waals surface area contributed by atoms with Crippen LogP contribution in [0.4, 0.5) is 5.95 Å². The van der Waals surface area contributed by atoms with Crippen molar-refractivity contribution in [3.63, 3.8) is 0 Å². The maximum absolute atomic E-state index is 11.5. The second-order valence-electron chi connectivity index (χ2n) is 2.93. The summed E-state index contributed by atoms with van der Waals surface area (Å²) in [6.45, 7) is 0. The van der Waals surface area contributed by atoms with Gasteiger partial charge in [0.05, 0.1) is 0 Å². The molecule has 2 rings (SSSR count). The minimum atomic E-state index is -0.566. The third-order valence-electron chi connectivity index (χ3n) is 1.78. The molecule has 2 N–H and O–H groups in total. The number of hydrogen-bond donors (Lipinski definition) is 2. The molecule has 8 nitrogen and oxygen atoms in total. The second kappa shape index (κ2) is 3.93. The van der Waals surface area contributed by atoms with Crippen molar-refractivity contribution in [2.45, 2.75) is 0 Å². The van der Waals surface area contributed by atoms with Crippen molar-refractivity contribution in [2.24, 2.45) is 7.05 Å². The molecule has 2 heterocycles. The zero-order valence-corrected chi connectivity index (χ0v) is 8.34. The average molecular weight is 220 g/mol. The zero-order valence-electron chi connectivity index (χ0n) is 8.34. The van der Waals surface area contributed by atoms with Crippen LogP contribution in [0.1, 0.15) is 10.6 Å². The zero-order chi connectivity index (χ0) is 11.5. The highest BCUT2D eigenvalue weighted by atomic mass is 16.2. The van der Waals surface area contributed by atoms with Gasteiger partial charge in [-0.3, -0.25) is 15.1 Å². The first kappa shape index (κ1) is 10.0. The molecule has 0 aliphatic carbocycles. The molecule has 0 aliphatic rings. The van der Waals surface area contributed by atoms with Crippen LogP contribution in [0.5, 0.6) is 0 Å². The van der Waals surface area contributed by atoms with Crippen LogP contribution in [-0.2, 0) is 7.05 Å². The molecule has 0 aliphatic heterocycles. The summed E-state index contributed by atoms with van der Waals surface area (Å²) < 4.78 is 1.03. The van der Waals surface area contributed by atoms with Gasteiger partial charge in [-0.2, -0.15) is 0 Å². The van der Waals surface area contributed by atoms with E-state index in [4.69, 9.17) is 0 Å². The summed E-state index contributed by atoms with van der Waals surface area (Å²) in [5, 5.41) is 6.08. The van der Waals surface area contributed by atoms with E-state index >= 15 is 0 Å². The average Bonchev–Trinajstić information content (AvgIpc) is 2.61. The molecule has 82 valence electrons. The third-order valence-corrected chi connectivity index (χ3v) is 1.78. The molecule has 0 atom stereocenters. The summed E-state index contributed by atoms with van der Waals surface area (Å²) in [5.74, 6) is -0.497. The van der Waals surface area contributed by atoms with Gasteiger partial charge in [0.1, 0.15) is 0 Å². The van der Waals surface area contributed by atoms with Crippen LogP contribution in [0.15, 0.2) is 23.3 Å². The van der Waals surface area contributed by atoms with E-state index in [0.717, 1.165) is 4.68 Å². The van der Waals surface area contributed by atoms with Gasteiger partial charge in [0.15, 0.2) is 0 Å². The molecule has 0 saturated carbocycles. The molecule has 16 heavy (non-hydrogen) atoms. The summed E-state index contributed by atoms with van der Waals surface area (Å²) in [7, 11) is 1.44. The summed E-state index contributed by atoms with van der Waals surface area (Å²) in [6.07, 6.45) is 2.98. The van der Waals surface area contributed by atoms with Gasteiger partial charge < -0.3 is 0 Å². The van der Waals surface area contributed by atoms with E-state index in [0.29, 0.717) is 0 Å². The molecule has 0 unspecified atom stereocenters. The van der Waals surface area contributed by atoms with Gasteiger partial charge in [-0.1, -0.05) is 0 Å². The molecule has 0 spiro atoms.